The topological polar surface area (TPSA) is 75.4 Å². The van der Waals surface area contributed by atoms with Gasteiger partial charge in [-0.25, -0.2) is 9.97 Å². The molecule has 1 aliphatic rings. The molecular formula is C12H19N5O. The van der Waals surface area contributed by atoms with Crippen LogP contribution in [0.1, 0.15) is 23.1 Å². The molecule has 1 amide bonds. The molecule has 1 fully saturated rings. The van der Waals surface area contributed by atoms with Gasteiger partial charge in [-0.1, -0.05) is 0 Å². The Balaban J connectivity index is 2.20. The first-order valence-corrected chi connectivity index (χ1v) is 6.08. The second kappa shape index (κ2) is 4.89. The predicted octanol–water partition coefficient (Wildman–Crippen LogP) is 0.143. The molecule has 0 radical (unpaired) electrons. The van der Waals surface area contributed by atoms with Crippen molar-refractivity contribution in [2.75, 3.05) is 32.4 Å². The largest absolute Gasteiger partial charge is 0.368 e. The molecule has 0 spiro atoms. The number of anilines is 1. The third-order valence-corrected chi connectivity index (χ3v) is 3.18. The molecule has 1 aliphatic heterocycles. The average Bonchev–Trinajstić information content (AvgIpc) is 2.26. The molecule has 0 aromatic carbocycles. The molecule has 0 aliphatic carbocycles. The number of nitrogen functional groups attached to an aromatic ring is 1. The Morgan fingerprint density at radius 1 is 1.44 bits per heavy atom. The van der Waals surface area contributed by atoms with Gasteiger partial charge in [0.25, 0.3) is 5.91 Å². The van der Waals surface area contributed by atoms with Gasteiger partial charge in [-0.05, 0) is 27.0 Å². The zero-order valence-electron chi connectivity index (χ0n) is 11.1. The number of aryl methyl sites for hydroxylation is 1. The fraction of sp³-hybridized carbons (Fsp3) is 0.583. The van der Waals surface area contributed by atoms with Crippen LogP contribution in [0.25, 0.3) is 0 Å². The zero-order chi connectivity index (χ0) is 13.3. The number of hydrogen-bond acceptors (Lipinski definition) is 5. The number of aromatic nitrogens is 2. The number of amides is 1. The van der Waals surface area contributed by atoms with Gasteiger partial charge in [-0.3, -0.25) is 4.79 Å². The van der Waals surface area contributed by atoms with E-state index in [0.29, 0.717) is 11.4 Å². The summed E-state index contributed by atoms with van der Waals surface area (Å²) < 4.78 is 0. The molecule has 18 heavy (non-hydrogen) atoms. The molecule has 2 rings (SSSR count). The summed E-state index contributed by atoms with van der Waals surface area (Å²) in [5.74, 6) is 0.0907. The normalized spacial score (nSPS) is 21.1. The van der Waals surface area contributed by atoms with Crippen molar-refractivity contribution in [3.63, 3.8) is 0 Å². The van der Waals surface area contributed by atoms with E-state index in [1.54, 1.807) is 6.07 Å². The maximum atomic E-state index is 12.4. The number of carbonyl (C=O) groups is 1. The lowest BCUT2D eigenvalue weighted by molar-refractivity contribution is 0.0527. The Kier molecular flexibility index (Phi) is 3.47. The van der Waals surface area contributed by atoms with Crippen LogP contribution in [0.5, 0.6) is 0 Å². The quantitative estimate of drug-likeness (QED) is 0.766. The molecule has 0 bridgehead atoms. The van der Waals surface area contributed by atoms with Crippen molar-refractivity contribution in [2.24, 2.45) is 0 Å². The molecular weight excluding hydrogens is 230 g/mol. The van der Waals surface area contributed by atoms with E-state index in [0.717, 1.165) is 19.6 Å². The molecule has 98 valence electrons. The number of nitrogens with two attached hydrogens (primary N) is 1. The number of rotatable bonds is 1. The van der Waals surface area contributed by atoms with E-state index in [9.17, 15) is 4.79 Å². The molecule has 2 N–H and O–H groups in total. The van der Waals surface area contributed by atoms with Crippen molar-refractivity contribution in [3.8, 4) is 0 Å². The molecule has 1 aromatic heterocycles. The van der Waals surface area contributed by atoms with Gasteiger partial charge in [0.1, 0.15) is 5.69 Å². The first kappa shape index (κ1) is 12.8. The summed E-state index contributed by atoms with van der Waals surface area (Å²) in [4.78, 5) is 24.5. The molecule has 1 unspecified atom stereocenters. The number of nitrogens with zero attached hydrogens (tertiary/aromatic N) is 4. The highest BCUT2D eigenvalue weighted by Gasteiger charge is 2.27. The van der Waals surface area contributed by atoms with Gasteiger partial charge in [0, 0.05) is 31.4 Å². The average molecular weight is 249 g/mol. The highest BCUT2D eigenvalue weighted by molar-refractivity contribution is 5.93. The van der Waals surface area contributed by atoms with Gasteiger partial charge in [0.15, 0.2) is 0 Å². The minimum atomic E-state index is -0.0622. The highest BCUT2D eigenvalue weighted by Crippen LogP contribution is 2.13. The first-order valence-electron chi connectivity index (χ1n) is 6.08. The van der Waals surface area contributed by atoms with E-state index in [-0.39, 0.29) is 17.9 Å². The van der Waals surface area contributed by atoms with Gasteiger partial charge in [-0.2, -0.15) is 0 Å². The van der Waals surface area contributed by atoms with E-state index < -0.39 is 0 Å². The Labute approximate surface area is 107 Å². The summed E-state index contributed by atoms with van der Waals surface area (Å²) >= 11 is 0. The number of hydrogen-bond donors (Lipinski definition) is 1. The molecule has 2 heterocycles. The van der Waals surface area contributed by atoms with Gasteiger partial charge in [-0.15, -0.1) is 0 Å². The molecule has 6 nitrogen and oxygen atoms in total. The Morgan fingerprint density at radius 2 is 2.17 bits per heavy atom. The maximum Gasteiger partial charge on any atom is 0.272 e. The van der Waals surface area contributed by atoms with Gasteiger partial charge < -0.3 is 15.5 Å². The summed E-state index contributed by atoms with van der Waals surface area (Å²) in [6.45, 7) is 6.34. The summed E-state index contributed by atoms with van der Waals surface area (Å²) in [6.07, 6.45) is 0. The minimum Gasteiger partial charge on any atom is -0.368 e. The second-order valence-corrected chi connectivity index (χ2v) is 4.86. The number of piperazine rings is 1. The predicted molar refractivity (Wildman–Crippen MR) is 69.2 cm³/mol. The lowest BCUT2D eigenvalue weighted by Gasteiger charge is -2.38. The van der Waals surface area contributed by atoms with Crippen LogP contribution < -0.4 is 5.73 Å². The van der Waals surface area contributed by atoms with Crippen LogP contribution in [-0.4, -0.2) is 58.4 Å². The summed E-state index contributed by atoms with van der Waals surface area (Å²) in [5, 5.41) is 0. The van der Waals surface area contributed by atoms with Crippen LogP contribution in [0.3, 0.4) is 0 Å². The fourth-order valence-corrected chi connectivity index (χ4v) is 2.29. The molecule has 1 aromatic rings. The molecule has 6 heteroatoms. The van der Waals surface area contributed by atoms with Crippen LogP contribution >= 0.6 is 0 Å². The maximum absolute atomic E-state index is 12.4. The van der Waals surface area contributed by atoms with E-state index in [4.69, 9.17) is 5.73 Å². The van der Waals surface area contributed by atoms with E-state index in [2.05, 4.69) is 21.9 Å². The Bertz CT molecular complexity index is 442. The SMILES string of the molecule is Cc1cc(C(=O)N2CCN(C)CC2C)nc(N)n1. The van der Waals surface area contributed by atoms with Crippen molar-refractivity contribution < 1.29 is 4.79 Å². The Morgan fingerprint density at radius 3 is 2.78 bits per heavy atom. The van der Waals surface area contributed by atoms with Crippen molar-refractivity contribution in [3.05, 3.63) is 17.5 Å². The van der Waals surface area contributed by atoms with E-state index in [1.807, 2.05) is 18.7 Å². The van der Waals surface area contributed by atoms with Crippen LogP contribution in [0, 0.1) is 6.92 Å². The lowest BCUT2D eigenvalue weighted by atomic mass is 10.1. The first-order chi connectivity index (χ1) is 8.47. The van der Waals surface area contributed by atoms with Crippen molar-refractivity contribution in [1.82, 2.24) is 19.8 Å². The van der Waals surface area contributed by atoms with Crippen LogP contribution in [0.15, 0.2) is 6.07 Å². The minimum absolute atomic E-state index is 0.0622. The summed E-state index contributed by atoms with van der Waals surface area (Å²) in [5.41, 5.74) is 6.68. The smallest absolute Gasteiger partial charge is 0.272 e. The van der Waals surface area contributed by atoms with Crippen LogP contribution in [-0.2, 0) is 0 Å². The second-order valence-electron chi connectivity index (χ2n) is 4.86. The standard InChI is InChI=1S/C12H19N5O/c1-8-6-10(15-12(13)14-8)11(18)17-5-4-16(3)7-9(17)2/h6,9H,4-5,7H2,1-3H3,(H2,13,14,15). The lowest BCUT2D eigenvalue weighted by Crippen LogP contribution is -2.52. The monoisotopic (exact) mass is 249 g/mol. The van der Waals surface area contributed by atoms with Gasteiger partial charge >= 0.3 is 0 Å². The van der Waals surface area contributed by atoms with E-state index in [1.165, 1.54) is 0 Å². The van der Waals surface area contributed by atoms with E-state index >= 15 is 0 Å². The summed E-state index contributed by atoms with van der Waals surface area (Å²) in [7, 11) is 2.06. The highest BCUT2D eigenvalue weighted by atomic mass is 16.2. The molecule has 0 saturated carbocycles. The number of likely N-dealkylation sites (N-methyl/N-ethyl adjacent to an activating group) is 1. The third kappa shape index (κ3) is 2.59. The Hall–Kier alpha value is -1.69. The van der Waals surface area contributed by atoms with Crippen molar-refractivity contribution in [1.29, 1.82) is 0 Å². The number of carbonyl (C=O) groups excluding carboxylic acids is 1. The van der Waals surface area contributed by atoms with Crippen LogP contribution in [0.4, 0.5) is 5.95 Å². The van der Waals surface area contributed by atoms with Crippen LogP contribution in [0.2, 0.25) is 0 Å². The third-order valence-electron chi connectivity index (χ3n) is 3.18. The molecule has 1 saturated heterocycles. The van der Waals surface area contributed by atoms with Gasteiger partial charge in [0.05, 0.1) is 0 Å². The molecule has 1 atom stereocenters. The fourth-order valence-electron chi connectivity index (χ4n) is 2.29. The summed E-state index contributed by atoms with van der Waals surface area (Å²) in [6, 6.07) is 1.87. The van der Waals surface area contributed by atoms with Crippen molar-refractivity contribution in [2.45, 2.75) is 19.9 Å². The van der Waals surface area contributed by atoms with Gasteiger partial charge in [0.2, 0.25) is 5.95 Å². The zero-order valence-corrected chi connectivity index (χ0v) is 11.1. The van der Waals surface area contributed by atoms with Crippen molar-refractivity contribution >= 4 is 11.9 Å².